The highest BCUT2D eigenvalue weighted by Gasteiger charge is 2.22. The van der Waals surface area contributed by atoms with E-state index < -0.39 is 12.0 Å². The molecular formula is C20H22ClNO4S. The number of carbonyl (C=O) groups excluding carboxylic acids is 2. The molecular weight excluding hydrogens is 386 g/mol. The normalized spacial score (nSPS) is 11.5. The number of esters is 1. The fourth-order valence-corrected chi connectivity index (χ4v) is 2.82. The van der Waals surface area contributed by atoms with Gasteiger partial charge in [0.05, 0.1) is 0 Å². The largest absolute Gasteiger partial charge is 0.484 e. The van der Waals surface area contributed by atoms with Crippen LogP contribution in [0.5, 0.6) is 5.75 Å². The van der Waals surface area contributed by atoms with Crippen molar-refractivity contribution in [1.82, 2.24) is 5.32 Å². The molecule has 27 heavy (non-hydrogen) atoms. The molecule has 0 saturated heterocycles. The zero-order chi connectivity index (χ0) is 19.5. The number of thioether (sulfide) groups is 1. The summed E-state index contributed by atoms with van der Waals surface area (Å²) >= 11 is 7.44. The monoisotopic (exact) mass is 407 g/mol. The first-order chi connectivity index (χ1) is 13.1. The molecule has 1 N–H and O–H groups in total. The van der Waals surface area contributed by atoms with E-state index in [0.717, 1.165) is 11.3 Å². The SMILES string of the molecule is CSCC[C@H](NC(=O)COc1ccccc1)C(=O)OCc1ccc(Cl)cc1. The number of carbonyl (C=O) groups is 2. The fraction of sp³-hybridized carbons (Fsp3) is 0.300. The molecule has 0 fully saturated rings. The molecule has 0 radical (unpaired) electrons. The first kappa shape index (κ1) is 21.1. The van der Waals surface area contributed by atoms with Crippen molar-refractivity contribution < 1.29 is 19.1 Å². The minimum absolute atomic E-state index is 0.127. The highest BCUT2D eigenvalue weighted by Crippen LogP contribution is 2.12. The Morgan fingerprint density at radius 1 is 1.11 bits per heavy atom. The first-order valence-corrected chi connectivity index (χ1v) is 10.2. The van der Waals surface area contributed by atoms with Crippen molar-refractivity contribution in [2.45, 2.75) is 19.1 Å². The van der Waals surface area contributed by atoms with Crippen molar-refractivity contribution >= 4 is 35.2 Å². The van der Waals surface area contributed by atoms with Gasteiger partial charge in [0.2, 0.25) is 0 Å². The van der Waals surface area contributed by atoms with Gasteiger partial charge in [0.15, 0.2) is 6.61 Å². The molecule has 0 aromatic heterocycles. The lowest BCUT2D eigenvalue weighted by atomic mass is 10.2. The van der Waals surface area contributed by atoms with Crippen molar-refractivity contribution in [3.05, 3.63) is 65.2 Å². The second-order valence-corrected chi connectivity index (χ2v) is 7.16. The highest BCUT2D eigenvalue weighted by atomic mass is 35.5. The summed E-state index contributed by atoms with van der Waals surface area (Å²) in [6, 6.07) is 15.4. The summed E-state index contributed by atoms with van der Waals surface area (Å²) < 4.78 is 10.8. The number of hydrogen-bond donors (Lipinski definition) is 1. The molecule has 0 aliphatic heterocycles. The Kier molecular flexibility index (Phi) is 9.01. The molecule has 0 aliphatic carbocycles. The van der Waals surface area contributed by atoms with E-state index in [1.807, 2.05) is 24.5 Å². The lowest BCUT2D eigenvalue weighted by Crippen LogP contribution is -2.44. The van der Waals surface area contributed by atoms with Crippen LogP contribution < -0.4 is 10.1 Å². The summed E-state index contributed by atoms with van der Waals surface area (Å²) in [4.78, 5) is 24.5. The number of benzene rings is 2. The number of halogens is 1. The molecule has 0 unspecified atom stereocenters. The number of ether oxygens (including phenoxy) is 2. The van der Waals surface area contributed by atoms with E-state index in [1.165, 1.54) is 0 Å². The summed E-state index contributed by atoms with van der Waals surface area (Å²) in [5.41, 5.74) is 0.829. The van der Waals surface area contributed by atoms with E-state index in [4.69, 9.17) is 21.1 Å². The molecule has 0 saturated carbocycles. The summed E-state index contributed by atoms with van der Waals surface area (Å²) in [6.07, 6.45) is 2.42. The van der Waals surface area contributed by atoms with E-state index in [9.17, 15) is 9.59 Å². The number of rotatable bonds is 10. The average Bonchev–Trinajstić information content (AvgIpc) is 2.69. The van der Waals surface area contributed by atoms with Crippen molar-refractivity contribution in [3.8, 4) is 5.75 Å². The fourth-order valence-electron chi connectivity index (χ4n) is 2.22. The summed E-state index contributed by atoms with van der Waals surface area (Å²) in [6.45, 7) is -0.0353. The molecule has 7 heteroatoms. The molecule has 2 aromatic rings. The standard InChI is InChI=1S/C20H22ClNO4S/c1-27-12-11-18(20(24)26-13-15-7-9-16(21)10-8-15)22-19(23)14-25-17-5-3-2-4-6-17/h2-10,18H,11-14H2,1H3,(H,22,23)/t18-/m0/s1. The predicted molar refractivity (Wildman–Crippen MR) is 108 cm³/mol. The summed E-state index contributed by atoms with van der Waals surface area (Å²) in [7, 11) is 0. The van der Waals surface area contributed by atoms with E-state index in [-0.39, 0.29) is 19.1 Å². The molecule has 1 amide bonds. The third kappa shape index (κ3) is 7.93. The maximum absolute atomic E-state index is 12.4. The Labute approximate surface area is 168 Å². The summed E-state index contributed by atoms with van der Waals surface area (Å²) in [5.74, 6) is 0.486. The van der Waals surface area contributed by atoms with Crippen LogP contribution in [-0.4, -0.2) is 36.5 Å². The third-order valence-corrected chi connectivity index (χ3v) is 4.53. The highest BCUT2D eigenvalue weighted by molar-refractivity contribution is 7.98. The molecule has 0 aliphatic rings. The zero-order valence-corrected chi connectivity index (χ0v) is 16.6. The topological polar surface area (TPSA) is 64.6 Å². The van der Waals surface area contributed by atoms with Crippen LogP contribution in [0, 0.1) is 0 Å². The van der Waals surface area contributed by atoms with Gasteiger partial charge in [0.25, 0.3) is 5.91 Å². The first-order valence-electron chi connectivity index (χ1n) is 8.45. The Morgan fingerprint density at radius 2 is 1.81 bits per heavy atom. The summed E-state index contributed by atoms with van der Waals surface area (Å²) in [5, 5.41) is 3.31. The van der Waals surface area contributed by atoms with Crippen LogP contribution in [-0.2, 0) is 20.9 Å². The molecule has 2 rings (SSSR count). The minimum Gasteiger partial charge on any atom is -0.484 e. The van der Waals surface area contributed by atoms with Crippen molar-refractivity contribution in [2.24, 2.45) is 0 Å². The van der Waals surface area contributed by atoms with Gasteiger partial charge in [-0.05, 0) is 48.3 Å². The van der Waals surface area contributed by atoms with Crippen LogP contribution in [0.25, 0.3) is 0 Å². The lowest BCUT2D eigenvalue weighted by molar-refractivity contribution is -0.149. The lowest BCUT2D eigenvalue weighted by Gasteiger charge is -2.17. The van der Waals surface area contributed by atoms with Gasteiger partial charge in [-0.2, -0.15) is 11.8 Å². The van der Waals surface area contributed by atoms with E-state index in [2.05, 4.69) is 5.32 Å². The van der Waals surface area contributed by atoms with Crippen molar-refractivity contribution in [2.75, 3.05) is 18.6 Å². The minimum atomic E-state index is -0.711. The van der Waals surface area contributed by atoms with Gasteiger partial charge in [0, 0.05) is 5.02 Å². The van der Waals surface area contributed by atoms with E-state index in [0.29, 0.717) is 17.2 Å². The molecule has 0 heterocycles. The quantitative estimate of drug-likeness (QED) is 0.608. The van der Waals surface area contributed by atoms with Crippen LogP contribution >= 0.6 is 23.4 Å². The van der Waals surface area contributed by atoms with Crippen LogP contribution in [0.4, 0.5) is 0 Å². The second-order valence-electron chi connectivity index (χ2n) is 5.74. The number of nitrogens with one attached hydrogen (secondary N) is 1. The van der Waals surface area contributed by atoms with Crippen LogP contribution in [0.3, 0.4) is 0 Å². The Balaban J connectivity index is 1.85. The van der Waals surface area contributed by atoms with Crippen molar-refractivity contribution in [1.29, 1.82) is 0 Å². The number of para-hydroxylation sites is 1. The van der Waals surface area contributed by atoms with Gasteiger partial charge >= 0.3 is 5.97 Å². The molecule has 0 spiro atoms. The van der Waals surface area contributed by atoms with Gasteiger partial charge in [0.1, 0.15) is 18.4 Å². The van der Waals surface area contributed by atoms with Gasteiger partial charge in [-0.1, -0.05) is 41.9 Å². The molecule has 2 aromatic carbocycles. The Morgan fingerprint density at radius 3 is 2.48 bits per heavy atom. The van der Waals surface area contributed by atoms with Crippen LogP contribution in [0.15, 0.2) is 54.6 Å². The smallest absolute Gasteiger partial charge is 0.329 e. The van der Waals surface area contributed by atoms with Crippen LogP contribution in [0.2, 0.25) is 5.02 Å². The molecule has 144 valence electrons. The molecule has 1 atom stereocenters. The van der Waals surface area contributed by atoms with Gasteiger partial charge in [-0.25, -0.2) is 4.79 Å². The third-order valence-electron chi connectivity index (χ3n) is 3.64. The van der Waals surface area contributed by atoms with E-state index in [1.54, 1.807) is 48.2 Å². The maximum atomic E-state index is 12.4. The Hall–Kier alpha value is -2.18. The van der Waals surface area contributed by atoms with Crippen LogP contribution in [0.1, 0.15) is 12.0 Å². The van der Waals surface area contributed by atoms with Gasteiger partial charge < -0.3 is 14.8 Å². The Bertz CT molecular complexity index is 725. The van der Waals surface area contributed by atoms with E-state index >= 15 is 0 Å². The number of hydrogen-bond acceptors (Lipinski definition) is 5. The predicted octanol–water partition coefficient (Wildman–Crippen LogP) is 3.70. The van der Waals surface area contributed by atoms with Gasteiger partial charge in [-0.15, -0.1) is 0 Å². The molecule has 0 bridgehead atoms. The average molecular weight is 408 g/mol. The maximum Gasteiger partial charge on any atom is 0.329 e. The van der Waals surface area contributed by atoms with Crippen molar-refractivity contribution in [3.63, 3.8) is 0 Å². The second kappa shape index (κ2) is 11.5. The number of amides is 1. The zero-order valence-electron chi connectivity index (χ0n) is 15.0. The van der Waals surface area contributed by atoms with Gasteiger partial charge in [-0.3, -0.25) is 4.79 Å². The molecule has 5 nitrogen and oxygen atoms in total.